The third-order valence-electron chi connectivity index (χ3n) is 5.73. The maximum absolute atomic E-state index is 12.9. The summed E-state index contributed by atoms with van der Waals surface area (Å²) in [7, 11) is -5.22. The summed E-state index contributed by atoms with van der Waals surface area (Å²) in [4.78, 5) is 0.361. The van der Waals surface area contributed by atoms with Crippen LogP contribution in [0.4, 0.5) is 0 Å². The lowest BCUT2D eigenvalue weighted by atomic mass is 10.2. The summed E-state index contributed by atoms with van der Waals surface area (Å²) in [5, 5.41) is 0. The Balaban J connectivity index is 3.23. The first kappa shape index (κ1) is 24.9. The van der Waals surface area contributed by atoms with Crippen molar-refractivity contribution in [1.82, 2.24) is 4.31 Å². The average molecular weight is 422 g/mol. The van der Waals surface area contributed by atoms with Crippen LogP contribution in [0.3, 0.4) is 0 Å². The van der Waals surface area contributed by atoms with E-state index in [-0.39, 0.29) is 0 Å². The molecule has 0 fully saturated rings. The van der Waals surface area contributed by atoms with Crippen molar-refractivity contribution >= 4 is 18.1 Å². The lowest BCUT2D eigenvalue weighted by Crippen LogP contribution is -2.43. The number of rotatable bonds is 9. The summed E-state index contributed by atoms with van der Waals surface area (Å²) in [5.74, 6) is 3.39. The molecule has 3 nitrogen and oxygen atoms in total. The molecule has 28 heavy (non-hydrogen) atoms. The molecule has 0 aromatic heterocycles. The number of hydrogen-bond acceptors (Lipinski definition) is 2. The van der Waals surface area contributed by atoms with Crippen LogP contribution in [0, 0.1) is 11.5 Å². The van der Waals surface area contributed by atoms with Crippen LogP contribution in [0.25, 0.3) is 0 Å². The van der Waals surface area contributed by atoms with Crippen molar-refractivity contribution in [3.8, 4) is 11.5 Å². The molecular weight excluding hydrogens is 382 g/mol. The van der Waals surface area contributed by atoms with E-state index < -0.39 is 18.1 Å². The highest BCUT2D eigenvalue weighted by molar-refractivity contribution is 7.89. The molecule has 0 bridgehead atoms. The largest absolute Gasteiger partial charge is 0.243 e. The molecule has 0 spiro atoms. The fraction of sp³-hybridized carbons (Fsp3) is 0.652. The van der Waals surface area contributed by atoms with Gasteiger partial charge in [0.2, 0.25) is 10.0 Å². The molecule has 0 heterocycles. The minimum absolute atomic E-state index is 0.361. The van der Waals surface area contributed by atoms with Crippen molar-refractivity contribution in [3.05, 3.63) is 29.8 Å². The molecular formula is C23H39NO2SSi. The minimum Gasteiger partial charge on any atom is -0.207 e. The summed E-state index contributed by atoms with van der Waals surface area (Å²) in [5.41, 5.74) is 6.34. The van der Waals surface area contributed by atoms with Crippen LogP contribution < -0.4 is 0 Å². The molecule has 0 saturated heterocycles. The van der Waals surface area contributed by atoms with Crippen molar-refractivity contribution < 1.29 is 8.42 Å². The molecule has 0 N–H and O–H groups in total. The van der Waals surface area contributed by atoms with E-state index in [1.165, 1.54) is 0 Å². The Kier molecular flexibility index (Phi) is 9.46. The monoisotopic (exact) mass is 421 g/mol. The maximum atomic E-state index is 12.9. The van der Waals surface area contributed by atoms with E-state index in [2.05, 4.69) is 53.0 Å². The van der Waals surface area contributed by atoms with Gasteiger partial charge in [0.05, 0.1) is 4.90 Å². The number of hydrogen-bond donors (Lipinski definition) is 0. The fourth-order valence-electron chi connectivity index (χ4n) is 4.32. The molecule has 0 saturated carbocycles. The van der Waals surface area contributed by atoms with Crippen molar-refractivity contribution in [1.29, 1.82) is 0 Å². The van der Waals surface area contributed by atoms with Gasteiger partial charge in [0, 0.05) is 18.7 Å². The number of benzene rings is 1. The summed E-state index contributed by atoms with van der Waals surface area (Å²) in [6.45, 7) is 18.9. The van der Waals surface area contributed by atoms with E-state index in [0.29, 0.717) is 34.6 Å². The van der Waals surface area contributed by atoms with Crippen LogP contribution in [0.2, 0.25) is 16.6 Å². The molecule has 0 aliphatic heterocycles. The van der Waals surface area contributed by atoms with Gasteiger partial charge in [-0.1, -0.05) is 61.3 Å². The van der Waals surface area contributed by atoms with E-state index in [9.17, 15) is 8.42 Å². The zero-order valence-corrected chi connectivity index (χ0v) is 20.9. The second kappa shape index (κ2) is 10.6. The molecule has 5 heteroatoms. The molecule has 1 aromatic carbocycles. The van der Waals surface area contributed by atoms with Gasteiger partial charge < -0.3 is 0 Å². The summed E-state index contributed by atoms with van der Waals surface area (Å²) in [6, 6.07) is 7.13. The summed E-state index contributed by atoms with van der Waals surface area (Å²) in [6.07, 6.45) is 1.63. The van der Waals surface area contributed by atoms with Gasteiger partial charge in [0.25, 0.3) is 0 Å². The Hall–Kier alpha value is -1.09. The molecule has 0 aliphatic carbocycles. The molecule has 158 valence electrons. The van der Waals surface area contributed by atoms with Crippen molar-refractivity contribution in [2.75, 3.05) is 13.1 Å². The quantitative estimate of drug-likeness (QED) is 0.358. The van der Waals surface area contributed by atoms with Gasteiger partial charge in [-0.3, -0.25) is 0 Å². The lowest BCUT2D eigenvalue weighted by molar-refractivity contribution is 0.410. The SMILES string of the molecule is CCCN(CCC)S(=O)(=O)c1ccc(C#C[Si](C(C)C)(C(C)C)C(C)C)cc1. The van der Waals surface area contributed by atoms with Crippen LogP contribution >= 0.6 is 0 Å². The third-order valence-corrected chi connectivity index (χ3v) is 13.9. The van der Waals surface area contributed by atoms with Crippen LogP contribution in [-0.2, 0) is 10.0 Å². The smallest absolute Gasteiger partial charge is 0.207 e. The first-order valence-corrected chi connectivity index (χ1v) is 14.3. The van der Waals surface area contributed by atoms with Gasteiger partial charge >= 0.3 is 0 Å². The molecule has 0 atom stereocenters. The molecule has 0 amide bonds. The zero-order valence-electron chi connectivity index (χ0n) is 19.0. The predicted molar refractivity (Wildman–Crippen MR) is 124 cm³/mol. The van der Waals surface area contributed by atoms with Gasteiger partial charge in [-0.05, 0) is 53.7 Å². The molecule has 1 rings (SSSR count). The highest BCUT2D eigenvalue weighted by Gasteiger charge is 2.41. The second-order valence-electron chi connectivity index (χ2n) is 8.58. The number of sulfonamides is 1. The van der Waals surface area contributed by atoms with Crippen LogP contribution in [-0.4, -0.2) is 33.9 Å². The Morgan fingerprint density at radius 2 is 1.29 bits per heavy atom. The standard InChI is InChI=1S/C23H39NO2SSi/c1-9-16-24(17-10-2)27(25,26)23-13-11-22(12-14-23)15-18-28(19(3)4,20(5)6)21(7)8/h11-14,19-21H,9-10,16-17H2,1-8H3. The number of nitrogens with zero attached hydrogens (tertiary/aromatic N) is 1. The Bertz CT molecular complexity index is 743. The molecule has 0 radical (unpaired) electrons. The van der Waals surface area contributed by atoms with Gasteiger partial charge in [-0.15, -0.1) is 5.54 Å². The van der Waals surface area contributed by atoms with Crippen molar-refractivity contribution in [2.45, 2.75) is 89.8 Å². The van der Waals surface area contributed by atoms with Gasteiger partial charge in [0.1, 0.15) is 8.07 Å². The van der Waals surface area contributed by atoms with Crippen molar-refractivity contribution in [3.63, 3.8) is 0 Å². The molecule has 1 aromatic rings. The van der Waals surface area contributed by atoms with E-state index >= 15 is 0 Å². The summed E-state index contributed by atoms with van der Waals surface area (Å²) >= 11 is 0. The van der Waals surface area contributed by atoms with E-state index in [1.807, 2.05) is 26.0 Å². The van der Waals surface area contributed by atoms with Gasteiger partial charge in [-0.25, -0.2) is 8.42 Å². The normalized spacial score (nSPS) is 12.7. The first-order chi connectivity index (χ1) is 13.0. The highest BCUT2D eigenvalue weighted by atomic mass is 32.2. The Morgan fingerprint density at radius 3 is 1.64 bits per heavy atom. The second-order valence-corrected chi connectivity index (χ2v) is 16.1. The topological polar surface area (TPSA) is 37.4 Å². The maximum Gasteiger partial charge on any atom is 0.243 e. The average Bonchev–Trinajstić information content (AvgIpc) is 2.61. The lowest BCUT2D eigenvalue weighted by Gasteiger charge is -2.38. The minimum atomic E-state index is -3.43. The van der Waals surface area contributed by atoms with Crippen LogP contribution in [0.15, 0.2) is 29.2 Å². The highest BCUT2D eigenvalue weighted by Crippen LogP contribution is 2.40. The first-order valence-electron chi connectivity index (χ1n) is 10.7. The third kappa shape index (κ3) is 5.49. The summed E-state index contributed by atoms with van der Waals surface area (Å²) < 4.78 is 27.4. The van der Waals surface area contributed by atoms with E-state index in [4.69, 9.17) is 0 Å². The molecule has 0 aliphatic rings. The Morgan fingerprint density at radius 1 is 0.857 bits per heavy atom. The zero-order chi connectivity index (χ0) is 21.5. The van der Waals surface area contributed by atoms with Crippen LogP contribution in [0.5, 0.6) is 0 Å². The van der Waals surface area contributed by atoms with E-state index in [0.717, 1.165) is 18.4 Å². The van der Waals surface area contributed by atoms with Gasteiger partial charge in [0.15, 0.2) is 0 Å². The van der Waals surface area contributed by atoms with Crippen LogP contribution in [0.1, 0.15) is 73.8 Å². The van der Waals surface area contributed by atoms with E-state index in [1.54, 1.807) is 16.4 Å². The predicted octanol–water partition coefficient (Wildman–Crippen LogP) is 6.07. The fourth-order valence-corrected chi connectivity index (χ4v) is 11.2. The molecule has 0 unspecified atom stereocenters. The van der Waals surface area contributed by atoms with Gasteiger partial charge in [-0.2, -0.15) is 4.31 Å². The van der Waals surface area contributed by atoms with Crippen molar-refractivity contribution in [2.24, 2.45) is 0 Å². The Labute approximate surface area is 175 Å².